The average molecular weight is 487 g/mol. The van der Waals surface area contributed by atoms with E-state index in [0.29, 0.717) is 38.9 Å². The van der Waals surface area contributed by atoms with Crippen LogP contribution in [0.2, 0.25) is 0 Å². The molecule has 1 aromatic heterocycles. The monoisotopic (exact) mass is 486 g/mol. The Morgan fingerprint density at radius 2 is 2.06 bits per heavy atom. The van der Waals surface area contributed by atoms with E-state index < -0.39 is 6.10 Å². The van der Waals surface area contributed by atoms with Gasteiger partial charge in [-0.1, -0.05) is 6.08 Å². The van der Waals surface area contributed by atoms with Crippen molar-refractivity contribution in [2.75, 3.05) is 46.6 Å². The molecule has 2 atom stereocenters. The number of aliphatic hydroxyl groups is 1. The van der Waals surface area contributed by atoms with E-state index in [1.807, 2.05) is 29.2 Å². The van der Waals surface area contributed by atoms with Crippen molar-refractivity contribution >= 4 is 17.2 Å². The number of methoxy groups -OCH3 is 1. The number of carbonyl (C=O) groups excluding carboxylic acids is 1. The van der Waals surface area contributed by atoms with Crippen molar-refractivity contribution in [2.45, 2.75) is 37.5 Å². The summed E-state index contributed by atoms with van der Waals surface area (Å²) in [6, 6.07) is 9.83. The van der Waals surface area contributed by atoms with Crippen LogP contribution in [0.1, 0.15) is 29.3 Å². The second kappa shape index (κ2) is 11.8. The molecule has 2 aliphatic rings. The summed E-state index contributed by atoms with van der Waals surface area (Å²) in [5.74, 6) is 1.60. The molecule has 4 rings (SSSR count). The first kappa shape index (κ1) is 24.7. The van der Waals surface area contributed by atoms with Gasteiger partial charge in [-0.15, -0.1) is 17.9 Å². The predicted octanol–water partition coefficient (Wildman–Crippen LogP) is 3.29. The predicted molar refractivity (Wildman–Crippen MR) is 133 cm³/mol. The molecule has 1 N–H and O–H groups in total. The Kier molecular flexibility index (Phi) is 8.61. The van der Waals surface area contributed by atoms with Gasteiger partial charge in [-0.3, -0.25) is 9.69 Å². The summed E-state index contributed by atoms with van der Waals surface area (Å²) in [7, 11) is 1.64. The maximum absolute atomic E-state index is 13.5. The van der Waals surface area contributed by atoms with Crippen LogP contribution in [0.5, 0.6) is 11.5 Å². The third-order valence-electron chi connectivity index (χ3n) is 6.28. The van der Waals surface area contributed by atoms with Gasteiger partial charge in [0.05, 0.1) is 39.0 Å². The van der Waals surface area contributed by atoms with Crippen LogP contribution in [0.15, 0.2) is 48.4 Å². The van der Waals surface area contributed by atoms with Crippen LogP contribution in [0.25, 0.3) is 0 Å². The lowest BCUT2D eigenvalue weighted by Crippen LogP contribution is -2.48. The molecule has 1 aliphatic carbocycles. The third-order valence-corrected chi connectivity index (χ3v) is 7.27. The Labute approximate surface area is 205 Å². The van der Waals surface area contributed by atoms with E-state index in [-0.39, 0.29) is 18.6 Å². The fraction of sp³-hybridized carbons (Fsp3) is 0.500. The molecule has 8 heteroatoms. The van der Waals surface area contributed by atoms with Crippen molar-refractivity contribution in [2.24, 2.45) is 0 Å². The number of fused-ring (bicyclic) bond motifs is 1. The molecule has 0 saturated heterocycles. The van der Waals surface area contributed by atoms with E-state index >= 15 is 0 Å². The van der Waals surface area contributed by atoms with Crippen molar-refractivity contribution < 1.29 is 24.1 Å². The zero-order valence-corrected chi connectivity index (χ0v) is 20.5. The molecule has 1 aliphatic heterocycles. The van der Waals surface area contributed by atoms with Gasteiger partial charge in [-0.05, 0) is 60.5 Å². The summed E-state index contributed by atoms with van der Waals surface area (Å²) in [6.07, 6.45) is 4.02. The van der Waals surface area contributed by atoms with Crippen LogP contribution in [-0.2, 0) is 16.0 Å². The number of thiophene rings is 1. The lowest BCUT2D eigenvalue weighted by molar-refractivity contribution is -0.136. The minimum absolute atomic E-state index is 0.0753. The highest BCUT2D eigenvalue weighted by atomic mass is 32.1. The Bertz CT molecular complexity index is 943. The zero-order chi connectivity index (χ0) is 23.9. The van der Waals surface area contributed by atoms with E-state index in [1.54, 1.807) is 24.5 Å². The molecule has 0 bridgehead atoms. The molecule has 1 saturated carbocycles. The topological polar surface area (TPSA) is 71.5 Å². The Morgan fingerprint density at radius 1 is 1.29 bits per heavy atom. The molecule has 0 unspecified atom stereocenters. The highest BCUT2D eigenvalue weighted by Gasteiger charge is 2.36. The van der Waals surface area contributed by atoms with Gasteiger partial charge >= 0.3 is 0 Å². The first-order chi connectivity index (χ1) is 16.6. The van der Waals surface area contributed by atoms with Crippen LogP contribution >= 0.6 is 11.3 Å². The summed E-state index contributed by atoms with van der Waals surface area (Å²) in [6.45, 7) is 6.06. The molecule has 34 heavy (non-hydrogen) atoms. The summed E-state index contributed by atoms with van der Waals surface area (Å²) >= 11 is 1.74. The number of nitrogens with zero attached hydrogens (tertiary/aromatic N) is 2. The van der Waals surface area contributed by atoms with E-state index in [0.717, 1.165) is 30.8 Å². The third kappa shape index (κ3) is 6.39. The molecule has 0 spiro atoms. The highest BCUT2D eigenvalue weighted by Crippen LogP contribution is 2.35. The van der Waals surface area contributed by atoms with Crippen LogP contribution < -0.4 is 9.47 Å². The van der Waals surface area contributed by atoms with Crippen LogP contribution in [0.4, 0.5) is 0 Å². The number of amides is 1. The minimum Gasteiger partial charge on any atom is -0.497 e. The van der Waals surface area contributed by atoms with Gasteiger partial charge in [-0.2, -0.15) is 0 Å². The Hall–Kier alpha value is -2.39. The van der Waals surface area contributed by atoms with Crippen molar-refractivity contribution in [1.29, 1.82) is 0 Å². The van der Waals surface area contributed by atoms with Crippen molar-refractivity contribution in [3.05, 3.63) is 58.8 Å². The number of ether oxygens (including phenoxy) is 3. The summed E-state index contributed by atoms with van der Waals surface area (Å²) in [5, 5.41) is 12.5. The van der Waals surface area contributed by atoms with E-state index in [2.05, 4.69) is 22.9 Å². The van der Waals surface area contributed by atoms with Gasteiger partial charge in [0.15, 0.2) is 0 Å². The van der Waals surface area contributed by atoms with Gasteiger partial charge in [0.25, 0.3) is 0 Å². The molecule has 7 nitrogen and oxygen atoms in total. The minimum atomic E-state index is -0.632. The molecule has 1 fully saturated rings. The standard InChI is InChI=1S/C26H34N2O5S/c1-3-13-32-17-20(29)15-27(19-4-5-19)16-26(30)28-12-10-25-23(11-14-34-25)24(28)18-33-22-8-6-21(31-2)7-9-22/h3,6-9,11,14,19-20,24,29H,1,4-5,10,12-13,15-18H2,2H3/t20-,24-/m0/s1. The SMILES string of the molecule is C=CCOC[C@@H](O)CN(CC(=O)N1CCc2sccc2[C@@H]1COc1ccc(OC)cc1)C1CC1. The number of hydrogen-bond acceptors (Lipinski definition) is 7. The fourth-order valence-corrected chi connectivity index (χ4v) is 5.31. The summed E-state index contributed by atoms with van der Waals surface area (Å²) < 4.78 is 16.7. The lowest BCUT2D eigenvalue weighted by atomic mass is 10.0. The number of carbonyl (C=O) groups is 1. The Morgan fingerprint density at radius 3 is 2.76 bits per heavy atom. The van der Waals surface area contributed by atoms with Crippen LogP contribution in [-0.4, -0.2) is 79.5 Å². The van der Waals surface area contributed by atoms with Gasteiger partial charge < -0.3 is 24.2 Å². The maximum Gasteiger partial charge on any atom is 0.237 e. The molecule has 184 valence electrons. The summed E-state index contributed by atoms with van der Waals surface area (Å²) in [5.41, 5.74) is 1.17. The maximum atomic E-state index is 13.5. The number of benzene rings is 1. The number of rotatable bonds is 13. The van der Waals surface area contributed by atoms with Crippen LogP contribution in [0.3, 0.4) is 0 Å². The van der Waals surface area contributed by atoms with Gasteiger partial charge in [0.2, 0.25) is 5.91 Å². The normalized spacial score (nSPS) is 18.4. The van der Waals surface area contributed by atoms with E-state index in [4.69, 9.17) is 14.2 Å². The smallest absolute Gasteiger partial charge is 0.237 e. The molecule has 1 amide bonds. The Balaban J connectivity index is 1.41. The van der Waals surface area contributed by atoms with E-state index in [9.17, 15) is 9.90 Å². The quantitative estimate of drug-likeness (QED) is 0.346. The van der Waals surface area contributed by atoms with E-state index in [1.165, 1.54) is 10.4 Å². The molecule has 2 aromatic rings. The van der Waals surface area contributed by atoms with Crippen molar-refractivity contribution in [3.8, 4) is 11.5 Å². The molecule has 2 heterocycles. The first-order valence-corrected chi connectivity index (χ1v) is 12.7. The molecule has 1 aromatic carbocycles. The second-order valence-electron chi connectivity index (χ2n) is 8.78. The van der Waals surface area contributed by atoms with Crippen molar-refractivity contribution in [1.82, 2.24) is 9.80 Å². The average Bonchev–Trinajstić information content (AvgIpc) is 3.59. The van der Waals surface area contributed by atoms with Gasteiger partial charge in [0, 0.05) is 24.0 Å². The molecular weight excluding hydrogens is 452 g/mol. The summed E-state index contributed by atoms with van der Waals surface area (Å²) in [4.78, 5) is 18.9. The van der Waals surface area contributed by atoms with Crippen LogP contribution in [0, 0.1) is 0 Å². The molecular formula is C26H34N2O5S. The molecule has 0 radical (unpaired) electrons. The number of aliphatic hydroxyl groups excluding tert-OH is 1. The van der Waals surface area contributed by atoms with Crippen molar-refractivity contribution in [3.63, 3.8) is 0 Å². The second-order valence-corrected chi connectivity index (χ2v) is 9.78. The highest BCUT2D eigenvalue weighted by molar-refractivity contribution is 7.10. The van der Waals surface area contributed by atoms with Gasteiger partial charge in [-0.25, -0.2) is 0 Å². The largest absolute Gasteiger partial charge is 0.497 e. The van der Waals surface area contributed by atoms with Gasteiger partial charge in [0.1, 0.15) is 18.1 Å². The lowest BCUT2D eigenvalue weighted by Gasteiger charge is -2.37. The fourth-order valence-electron chi connectivity index (χ4n) is 4.38. The number of hydrogen-bond donors (Lipinski definition) is 1. The first-order valence-electron chi connectivity index (χ1n) is 11.8. The zero-order valence-electron chi connectivity index (χ0n) is 19.7.